The van der Waals surface area contributed by atoms with Crippen molar-refractivity contribution in [1.29, 1.82) is 0 Å². The molecule has 4 heteroatoms. The van der Waals surface area contributed by atoms with E-state index in [1.807, 2.05) is 6.92 Å². The van der Waals surface area contributed by atoms with Crippen LogP contribution in [0.2, 0.25) is 0 Å². The molecule has 0 spiro atoms. The average molecular weight is 375 g/mol. The summed E-state index contributed by atoms with van der Waals surface area (Å²) in [5, 5.41) is 29.7. The van der Waals surface area contributed by atoms with Crippen LogP contribution >= 0.6 is 0 Å². The first kappa shape index (κ1) is 20.4. The molecule has 0 aromatic heterocycles. The molecule has 3 rings (SSSR count). The van der Waals surface area contributed by atoms with E-state index in [-0.39, 0.29) is 12.3 Å². The fraction of sp³-hybridized carbons (Fsp3) is 0.783. The molecule has 0 heterocycles. The molecule has 0 aromatic carbocycles. The van der Waals surface area contributed by atoms with E-state index in [0.29, 0.717) is 24.2 Å². The van der Waals surface area contributed by atoms with Crippen LogP contribution < -0.4 is 0 Å². The number of carbonyl (C=O) groups is 1. The van der Waals surface area contributed by atoms with Crippen LogP contribution in [0.4, 0.5) is 0 Å². The van der Waals surface area contributed by atoms with Crippen LogP contribution in [0.15, 0.2) is 11.1 Å². The van der Waals surface area contributed by atoms with Gasteiger partial charge in [-0.25, -0.2) is 0 Å². The third-order valence-electron chi connectivity index (χ3n) is 7.03. The van der Waals surface area contributed by atoms with Crippen molar-refractivity contribution in [1.82, 2.24) is 0 Å². The predicted molar refractivity (Wildman–Crippen MR) is 105 cm³/mol. The molecule has 3 fully saturated rings. The molecule has 0 radical (unpaired) electrons. The normalized spacial score (nSPS) is 33.9. The van der Waals surface area contributed by atoms with Gasteiger partial charge < -0.3 is 15.3 Å². The van der Waals surface area contributed by atoms with E-state index in [0.717, 1.165) is 25.7 Å². The van der Waals surface area contributed by atoms with Crippen molar-refractivity contribution >= 4 is 5.97 Å². The summed E-state index contributed by atoms with van der Waals surface area (Å²) < 4.78 is 0. The minimum Gasteiger partial charge on any atom is -0.481 e. The molecule has 3 aliphatic carbocycles. The fourth-order valence-corrected chi connectivity index (χ4v) is 5.37. The summed E-state index contributed by atoms with van der Waals surface area (Å²) in [7, 11) is 0. The van der Waals surface area contributed by atoms with Gasteiger partial charge in [-0.1, -0.05) is 55.1 Å². The lowest BCUT2D eigenvalue weighted by molar-refractivity contribution is -0.136. The number of carboxylic acids is 1. The van der Waals surface area contributed by atoms with Gasteiger partial charge in [-0.05, 0) is 56.8 Å². The van der Waals surface area contributed by atoms with Crippen molar-refractivity contribution in [3.8, 4) is 11.8 Å². The van der Waals surface area contributed by atoms with Crippen molar-refractivity contribution in [2.45, 2.75) is 89.8 Å². The van der Waals surface area contributed by atoms with E-state index >= 15 is 0 Å². The van der Waals surface area contributed by atoms with Crippen LogP contribution in [0, 0.1) is 35.5 Å². The van der Waals surface area contributed by atoms with Crippen LogP contribution in [-0.2, 0) is 4.79 Å². The van der Waals surface area contributed by atoms with Gasteiger partial charge in [0.25, 0.3) is 0 Å². The minimum absolute atomic E-state index is 0.0548. The molecule has 5 atom stereocenters. The van der Waals surface area contributed by atoms with Gasteiger partial charge in [0.05, 0.1) is 12.0 Å². The number of aliphatic hydroxyl groups excluding tert-OH is 2. The maximum absolute atomic E-state index is 10.8. The number of aliphatic hydroxyl groups is 2. The van der Waals surface area contributed by atoms with Gasteiger partial charge in [-0.15, -0.1) is 0 Å². The Morgan fingerprint density at radius 1 is 1.15 bits per heavy atom. The Bertz CT molecular complexity index is 620. The van der Waals surface area contributed by atoms with Gasteiger partial charge in [0.1, 0.15) is 6.10 Å². The van der Waals surface area contributed by atoms with Gasteiger partial charge in [-0.3, -0.25) is 4.79 Å². The Labute approximate surface area is 163 Å². The summed E-state index contributed by atoms with van der Waals surface area (Å²) in [6.07, 6.45) is 9.50. The van der Waals surface area contributed by atoms with Crippen LogP contribution in [0.25, 0.3) is 0 Å². The van der Waals surface area contributed by atoms with Crippen molar-refractivity contribution in [3.05, 3.63) is 11.1 Å². The van der Waals surface area contributed by atoms with Crippen molar-refractivity contribution in [3.63, 3.8) is 0 Å². The highest BCUT2D eigenvalue weighted by molar-refractivity contribution is 5.67. The maximum Gasteiger partial charge on any atom is 0.303 e. The van der Waals surface area contributed by atoms with E-state index in [1.54, 1.807) is 0 Å². The Kier molecular flexibility index (Phi) is 7.00. The highest BCUT2D eigenvalue weighted by Crippen LogP contribution is 2.53. The quantitative estimate of drug-likeness (QED) is 0.504. The topological polar surface area (TPSA) is 77.8 Å². The van der Waals surface area contributed by atoms with Gasteiger partial charge >= 0.3 is 5.97 Å². The predicted octanol–water partition coefficient (Wildman–Crippen LogP) is 3.91. The van der Waals surface area contributed by atoms with Crippen LogP contribution in [0.5, 0.6) is 0 Å². The summed E-state index contributed by atoms with van der Waals surface area (Å²) in [5.74, 6) is 6.88. The Morgan fingerprint density at radius 3 is 2.59 bits per heavy atom. The molecular formula is C23H34O4. The van der Waals surface area contributed by atoms with Gasteiger partial charge in [-0.2, -0.15) is 0 Å². The van der Waals surface area contributed by atoms with Crippen LogP contribution in [0.3, 0.4) is 0 Å². The lowest BCUT2D eigenvalue weighted by Gasteiger charge is -2.49. The summed E-state index contributed by atoms with van der Waals surface area (Å²) in [4.78, 5) is 10.8. The van der Waals surface area contributed by atoms with E-state index in [9.17, 15) is 15.0 Å². The Morgan fingerprint density at radius 2 is 1.89 bits per heavy atom. The third-order valence-corrected chi connectivity index (χ3v) is 7.03. The maximum atomic E-state index is 10.8. The number of allylic oxidation sites excluding steroid dienone is 2. The number of rotatable bonds is 5. The lowest BCUT2D eigenvalue weighted by atomic mass is 9.56. The number of hydrogen-bond donors (Lipinski definition) is 3. The third kappa shape index (κ3) is 5.15. The fourth-order valence-electron chi connectivity index (χ4n) is 5.37. The first-order chi connectivity index (χ1) is 13.0. The zero-order chi connectivity index (χ0) is 19.4. The zero-order valence-electron chi connectivity index (χ0n) is 16.5. The summed E-state index contributed by atoms with van der Waals surface area (Å²) in [6.45, 7) is 2.05. The van der Waals surface area contributed by atoms with Crippen LogP contribution in [0.1, 0.15) is 77.6 Å². The standard InChI is InChI=1S/C23H34O4/c1-15(7-12-23(26)27)20-14-21-18(20)10-11-22(25)19(21)9-8-17(24)13-16-5-3-2-4-6-16/h16-19,21-22,24-25H,2-7,10-14H2,1H3,(H,26,27)/t17?,18-,19-,21+,22-/m1/s1. The number of aliphatic carboxylic acids is 1. The highest BCUT2D eigenvalue weighted by Gasteiger charge is 2.46. The second-order valence-corrected chi connectivity index (χ2v) is 8.89. The monoisotopic (exact) mass is 374 g/mol. The highest BCUT2D eigenvalue weighted by atomic mass is 16.4. The largest absolute Gasteiger partial charge is 0.481 e. The minimum atomic E-state index is -0.749. The Hall–Kier alpha value is -1.31. The molecule has 1 unspecified atom stereocenters. The molecule has 150 valence electrons. The first-order valence-corrected chi connectivity index (χ1v) is 10.7. The van der Waals surface area contributed by atoms with E-state index in [2.05, 4.69) is 11.8 Å². The molecule has 0 bridgehead atoms. The summed E-state index contributed by atoms with van der Waals surface area (Å²) in [6, 6.07) is 0. The van der Waals surface area contributed by atoms with Gasteiger partial charge in [0, 0.05) is 6.42 Å². The van der Waals surface area contributed by atoms with Crippen molar-refractivity contribution < 1.29 is 20.1 Å². The second-order valence-electron chi connectivity index (χ2n) is 8.89. The van der Waals surface area contributed by atoms with Crippen LogP contribution in [-0.4, -0.2) is 33.5 Å². The van der Waals surface area contributed by atoms with Crippen molar-refractivity contribution in [2.24, 2.45) is 23.7 Å². The molecule has 0 saturated heterocycles. The lowest BCUT2D eigenvalue weighted by Crippen LogP contribution is -2.45. The zero-order valence-corrected chi connectivity index (χ0v) is 16.5. The van der Waals surface area contributed by atoms with Crippen molar-refractivity contribution in [2.75, 3.05) is 0 Å². The molecule has 3 N–H and O–H groups in total. The molecule has 0 aromatic rings. The van der Waals surface area contributed by atoms with Gasteiger partial charge in [0.15, 0.2) is 0 Å². The number of hydrogen-bond acceptors (Lipinski definition) is 3. The molecule has 27 heavy (non-hydrogen) atoms. The second kappa shape index (κ2) is 9.26. The first-order valence-electron chi connectivity index (χ1n) is 10.7. The van der Waals surface area contributed by atoms with E-state index in [1.165, 1.54) is 43.3 Å². The number of fused-ring (bicyclic) bond motifs is 1. The summed E-state index contributed by atoms with van der Waals surface area (Å²) in [5.41, 5.74) is 2.60. The van der Waals surface area contributed by atoms with E-state index < -0.39 is 18.2 Å². The summed E-state index contributed by atoms with van der Waals surface area (Å²) >= 11 is 0. The molecule has 3 saturated carbocycles. The molecular weight excluding hydrogens is 340 g/mol. The Balaban J connectivity index is 1.58. The van der Waals surface area contributed by atoms with Gasteiger partial charge in [0.2, 0.25) is 0 Å². The molecule has 3 aliphatic rings. The molecule has 0 aliphatic heterocycles. The smallest absolute Gasteiger partial charge is 0.303 e. The average Bonchev–Trinajstić information content (AvgIpc) is 2.61. The molecule has 0 amide bonds. The van der Waals surface area contributed by atoms with E-state index in [4.69, 9.17) is 5.11 Å². The number of carboxylic acid groups (broad SMARTS) is 1. The SMILES string of the molecule is CC(CCC(=O)O)=C1C[C@@H]2[C@@H](C#CC(O)CC3CCCCC3)[C@H](O)CC[C@H]12. The molecule has 4 nitrogen and oxygen atoms in total.